The maximum absolute atomic E-state index is 6.45. The molecule has 4 fully saturated rings. The van der Waals surface area contributed by atoms with Gasteiger partial charge in [0.05, 0.1) is 11.5 Å². The number of nitrogens with two attached hydrogens (primary N) is 1. The van der Waals surface area contributed by atoms with Crippen LogP contribution in [0.25, 0.3) is 0 Å². The maximum Gasteiger partial charge on any atom is 0.0983 e. The Morgan fingerprint density at radius 1 is 1.15 bits per heavy atom. The van der Waals surface area contributed by atoms with Gasteiger partial charge in [0.25, 0.3) is 0 Å². The molecular formula is C21H35N5. The van der Waals surface area contributed by atoms with Crippen LogP contribution in [0.15, 0.2) is 28.8 Å². The second-order valence-corrected chi connectivity index (χ2v) is 8.98. The van der Waals surface area contributed by atoms with E-state index in [1.165, 1.54) is 38.5 Å². The molecule has 3 aliphatic carbocycles. The quantitative estimate of drug-likeness (QED) is 0.505. The topological polar surface area (TPSA) is 65.7 Å². The average molecular weight is 358 g/mol. The number of likely N-dealkylation sites (N-methyl/N-ethyl adjacent to an activating group) is 1. The molecule has 5 nitrogen and oxygen atoms in total. The Bertz CT molecular complexity index is 583. The summed E-state index contributed by atoms with van der Waals surface area (Å²) in [6, 6.07) is 1.09. The standard InChI is InChI=1S/C21H35N5/c1-23-12-18(26-6-5-17(13-26)24-2)11-21(22)25-20-4-3-14-7-15-9-16(8-14)19(20)10-15/h11-12,14-17,19-20,24-25H,1,3-10,13,22H2,2H3/b18-12+,21-11+/t14?,15?,16?,17-,19?,20?/m1/s1. The molecule has 3 saturated carbocycles. The van der Waals surface area contributed by atoms with Crippen LogP contribution in [0.4, 0.5) is 0 Å². The van der Waals surface area contributed by atoms with Crippen LogP contribution < -0.4 is 16.4 Å². The van der Waals surface area contributed by atoms with Crippen molar-refractivity contribution < 1.29 is 0 Å². The third-order valence-corrected chi connectivity index (χ3v) is 7.39. The van der Waals surface area contributed by atoms with Crippen molar-refractivity contribution in [1.82, 2.24) is 15.5 Å². The molecule has 4 rings (SSSR count). The van der Waals surface area contributed by atoms with Gasteiger partial charge in [-0.3, -0.25) is 4.99 Å². The largest absolute Gasteiger partial charge is 0.385 e. The molecule has 1 heterocycles. The molecule has 6 atom stereocenters. The van der Waals surface area contributed by atoms with Crippen LogP contribution in [-0.4, -0.2) is 43.8 Å². The molecule has 0 aromatic rings. The summed E-state index contributed by atoms with van der Waals surface area (Å²) >= 11 is 0. The Morgan fingerprint density at radius 2 is 2.00 bits per heavy atom. The van der Waals surface area contributed by atoms with Crippen LogP contribution in [0.5, 0.6) is 0 Å². The molecule has 4 N–H and O–H groups in total. The molecule has 5 unspecified atom stereocenters. The van der Waals surface area contributed by atoms with Crippen LogP contribution in [-0.2, 0) is 0 Å². The van der Waals surface area contributed by atoms with E-state index >= 15 is 0 Å². The fraction of sp³-hybridized carbons (Fsp3) is 0.762. The van der Waals surface area contributed by atoms with Crippen LogP contribution in [0.2, 0.25) is 0 Å². The van der Waals surface area contributed by atoms with E-state index in [0.717, 1.165) is 54.7 Å². The Kier molecular flexibility index (Phi) is 5.25. The Labute approximate surface area is 158 Å². The Hall–Kier alpha value is -1.49. The minimum atomic E-state index is 0.540. The van der Waals surface area contributed by atoms with Gasteiger partial charge in [-0.2, -0.15) is 0 Å². The summed E-state index contributed by atoms with van der Waals surface area (Å²) in [6.07, 6.45) is 13.6. The molecule has 3 bridgehead atoms. The van der Waals surface area contributed by atoms with Gasteiger partial charge in [0.1, 0.15) is 0 Å². The summed E-state index contributed by atoms with van der Waals surface area (Å²) in [5, 5.41) is 7.07. The van der Waals surface area contributed by atoms with E-state index in [1.54, 1.807) is 0 Å². The number of nitrogens with one attached hydrogen (secondary N) is 2. The molecule has 0 aromatic carbocycles. The third-order valence-electron chi connectivity index (χ3n) is 7.39. The number of rotatable bonds is 6. The monoisotopic (exact) mass is 357 g/mol. The van der Waals surface area contributed by atoms with Gasteiger partial charge in [-0.25, -0.2) is 0 Å². The first-order valence-electron chi connectivity index (χ1n) is 10.5. The van der Waals surface area contributed by atoms with Crippen molar-refractivity contribution in [2.45, 2.75) is 57.0 Å². The fourth-order valence-corrected chi connectivity index (χ4v) is 6.22. The van der Waals surface area contributed by atoms with Crippen molar-refractivity contribution in [2.75, 3.05) is 20.1 Å². The number of likely N-dealkylation sites (tertiary alicyclic amines) is 1. The highest BCUT2D eigenvalue weighted by Crippen LogP contribution is 2.53. The number of fused-ring (bicyclic) bond motifs is 2. The molecule has 4 aliphatic rings. The zero-order valence-electron chi connectivity index (χ0n) is 16.2. The summed E-state index contributed by atoms with van der Waals surface area (Å²) in [6.45, 7) is 5.68. The van der Waals surface area contributed by atoms with E-state index in [-0.39, 0.29) is 0 Å². The Morgan fingerprint density at radius 3 is 2.77 bits per heavy atom. The highest BCUT2D eigenvalue weighted by atomic mass is 15.2. The minimum absolute atomic E-state index is 0.540. The van der Waals surface area contributed by atoms with Gasteiger partial charge < -0.3 is 21.3 Å². The molecule has 0 spiro atoms. The number of nitrogens with zero attached hydrogens (tertiary/aromatic N) is 2. The van der Waals surface area contributed by atoms with E-state index < -0.39 is 0 Å². The van der Waals surface area contributed by atoms with Crippen LogP contribution >= 0.6 is 0 Å². The van der Waals surface area contributed by atoms with E-state index in [2.05, 4.69) is 33.3 Å². The minimum Gasteiger partial charge on any atom is -0.385 e. The number of hydrogen-bond donors (Lipinski definition) is 3. The van der Waals surface area contributed by atoms with Gasteiger partial charge in [0, 0.05) is 37.4 Å². The first kappa shape index (κ1) is 17.9. The van der Waals surface area contributed by atoms with Crippen molar-refractivity contribution in [3.63, 3.8) is 0 Å². The van der Waals surface area contributed by atoms with E-state index in [9.17, 15) is 0 Å². The van der Waals surface area contributed by atoms with Crippen molar-refractivity contribution >= 4 is 6.72 Å². The van der Waals surface area contributed by atoms with Gasteiger partial charge >= 0.3 is 0 Å². The van der Waals surface area contributed by atoms with Gasteiger partial charge in [0.15, 0.2) is 0 Å². The number of hydrogen-bond acceptors (Lipinski definition) is 5. The van der Waals surface area contributed by atoms with Gasteiger partial charge in [-0.1, -0.05) is 0 Å². The normalized spacial score (nSPS) is 40.0. The van der Waals surface area contributed by atoms with Crippen LogP contribution in [0, 0.1) is 23.7 Å². The summed E-state index contributed by atoms with van der Waals surface area (Å²) in [5.74, 6) is 4.52. The molecule has 0 aromatic heterocycles. The summed E-state index contributed by atoms with van der Waals surface area (Å²) < 4.78 is 0. The lowest BCUT2D eigenvalue weighted by Gasteiger charge is -2.28. The molecule has 1 saturated heterocycles. The first-order valence-corrected chi connectivity index (χ1v) is 10.5. The first-order chi connectivity index (χ1) is 12.7. The fourth-order valence-electron chi connectivity index (χ4n) is 6.22. The third kappa shape index (κ3) is 3.64. The maximum atomic E-state index is 6.45. The SMILES string of the molecule is C=N/C=C(\C=C(/N)NC1CCC2CC3CC(C2)C1C3)N1CC[C@@H](NC)C1. The van der Waals surface area contributed by atoms with Crippen molar-refractivity contribution in [3.8, 4) is 0 Å². The highest BCUT2D eigenvalue weighted by Gasteiger charge is 2.46. The van der Waals surface area contributed by atoms with Gasteiger partial charge in [-0.15, -0.1) is 0 Å². The van der Waals surface area contributed by atoms with Crippen molar-refractivity contribution in [1.29, 1.82) is 0 Å². The smallest absolute Gasteiger partial charge is 0.0983 e. The average Bonchev–Trinajstić information content (AvgIpc) is 3.19. The molecule has 26 heavy (non-hydrogen) atoms. The van der Waals surface area contributed by atoms with Crippen molar-refractivity contribution in [2.24, 2.45) is 34.4 Å². The molecule has 5 heteroatoms. The molecule has 0 amide bonds. The number of allylic oxidation sites excluding steroid dienone is 1. The van der Waals surface area contributed by atoms with E-state index in [0.29, 0.717) is 12.1 Å². The van der Waals surface area contributed by atoms with Crippen molar-refractivity contribution in [3.05, 3.63) is 23.8 Å². The number of aliphatic imine (C=N–C) groups is 1. The lowest BCUT2D eigenvalue weighted by Crippen LogP contribution is -2.39. The van der Waals surface area contributed by atoms with E-state index in [1.807, 2.05) is 13.2 Å². The molecular weight excluding hydrogens is 322 g/mol. The summed E-state index contributed by atoms with van der Waals surface area (Å²) in [4.78, 5) is 6.37. The molecule has 144 valence electrons. The predicted octanol–water partition coefficient (Wildman–Crippen LogP) is 2.43. The molecule has 0 radical (unpaired) electrons. The zero-order valence-corrected chi connectivity index (χ0v) is 16.2. The summed E-state index contributed by atoms with van der Waals surface area (Å²) in [7, 11) is 2.03. The van der Waals surface area contributed by atoms with E-state index in [4.69, 9.17) is 5.73 Å². The predicted molar refractivity (Wildman–Crippen MR) is 108 cm³/mol. The molecule has 1 aliphatic heterocycles. The zero-order chi connectivity index (χ0) is 18.1. The Balaban J connectivity index is 1.43. The van der Waals surface area contributed by atoms with Gasteiger partial charge in [0.2, 0.25) is 0 Å². The lowest BCUT2D eigenvalue weighted by atomic mass is 9.80. The second-order valence-electron chi connectivity index (χ2n) is 8.98. The highest BCUT2D eigenvalue weighted by molar-refractivity contribution is 5.30. The lowest BCUT2D eigenvalue weighted by molar-refractivity contribution is 0.254. The second kappa shape index (κ2) is 7.63. The summed E-state index contributed by atoms with van der Waals surface area (Å²) in [5.41, 5.74) is 7.53. The van der Waals surface area contributed by atoms with Gasteiger partial charge in [-0.05, 0) is 82.4 Å². The van der Waals surface area contributed by atoms with Crippen LogP contribution in [0.1, 0.15) is 44.9 Å². The van der Waals surface area contributed by atoms with Crippen LogP contribution in [0.3, 0.4) is 0 Å².